The minimum atomic E-state index is -0.522. The van der Waals surface area contributed by atoms with Crippen LogP contribution in [0.3, 0.4) is 0 Å². The van der Waals surface area contributed by atoms with E-state index in [1.54, 1.807) is 0 Å². The molecule has 0 fully saturated rings. The van der Waals surface area contributed by atoms with Gasteiger partial charge in [-0.3, -0.25) is 0 Å². The Labute approximate surface area is 384 Å². The van der Waals surface area contributed by atoms with E-state index in [4.69, 9.17) is 9.97 Å². The Bertz CT molecular complexity index is 3670. The van der Waals surface area contributed by atoms with Gasteiger partial charge in [0.15, 0.2) is 5.82 Å². The molecule has 2 nitrogen and oxygen atoms in total. The zero-order chi connectivity index (χ0) is 43.4. The van der Waals surface area contributed by atoms with Gasteiger partial charge in [0, 0.05) is 16.5 Å². The largest absolute Gasteiger partial charge is 0.228 e. The summed E-state index contributed by atoms with van der Waals surface area (Å²) >= 11 is 0. The van der Waals surface area contributed by atoms with Gasteiger partial charge in [0.25, 0.3) is 0 Å². The van der Waals surface area contributed by atoms with Crippen LogP contribution < -0.4 is 0 Å². The summed E-state index contributed by atoms with van der Waals surface area (Å²) in [4.78, 5) is 10.5. The fourth-order valence-corrected chi connectivity index (χ4v) is 12.1. The van der Waals surface area contributed by atoms with Gasteiger partial charge in [-0.15, -0.1) is 0 Å². The lowest BCUT2D eigenvalue weighted by Gasteiger charge is -2.48. The van der Waals surface area contributed by atoms with Crippen molar-refractivity contribution in [1.29, 1.82) is 0 Å². The fraction of sp³-hybridized carbons (Fsp3) is 0.0312. The van der Waals surface area contributed by atoms with E-state index in [1.807, 2.05) is 0 Å². The Morgan fingerprint density at radius 3 is 1.26 bits per heavy atom. The maximum atomic E-state index is 5.31. The second-order valence-corrected chi connectivity index (χ2v) is 17.9. The van der Waals surface area contributed by atoms with Crippen molar-refractivity contribution in [1.82, 2.24) is 9.97 Å². The summed E-state index contributed by atoms with van der Waals surface area (Å²) in [6.07, 6.45) is 0. The first-order chi connectivity index (χ1) is 32.7. The summed E-state index contributed by atoms with van der Waals surface area (Å²) in [5.74, 6) is 0.711. The van der Waals surface area contributed by atoms with Crippen molar-refractivity contribution in [3.63, 3.8) is 0 Å². The minimum Gasteiger partial charge on any atom is -0.228 e. The van der Waals surface area contributed by atoms with Crippen LogP contribution >= 0.6 is 0 Å². The van der Waals surface area contributed by atoms with Crippen LogP contribution in [0.1, 0.15) is 44.5 Å². The van der Waals surface area contributed by atoms with E-state index in [0.29, 0.717) is 5.82 Å². The van der Waals surface area contributed by atoms with E-state index in [9.17, 15) is 0 Å². The molecule has 0 atom stereocenters. The smallest absolute Gasteiger partial charge is 0.160 e. The van der Waals surface area contributed by atoms with Crippen LogP contribution in [-0.4, -0.2) is 9.97 Å². The third-order valence-corrected chi connectivity index (χ3v) is 14.8. The Balaban J connectivity index is 0.929. The van der Waals surface area contributed by atoms with E-state index in [0.717, 1.165) is 38.9 Å². The number of rotatable bonds is 4. The van der Waals surface area contributed by atoms with Crippen LogP contribution in [0.2, 0.25) is 0 Å². The van der Waals surface area contributed by atoms with Crippen molar-refractivity contribution >= 4 is 10.9 Å². The van der Waals surface area contributed by atoms with E-state index in [2.05, 4.69) is 243 Å². The molecule has 0 radical (unpaired) electrons. The third-order valence-electron chi connectivity index (χ3n) is 14.8. The minimum absolute atomic E-state index is 0.458. The predicted molar refractivity (Wildman–Crippen MR) is 269 cm³/mol. The lowest BCUT2D eigenvalue weighted by molar-refractivity contribution is 0.633. The second-order valence-electron chi connectivity index (χ2n) is 17.9. The molecule has 3 aliphatic rings. The number of para-hydroxylation sites is 1. The Morgan fingerprint density at radius 2 is 0.652 bits per heavy atom. The molecule has 0 bridgehead atoms. The van der Waals surface area contributed by atoms with Crippen LogP contribution in [0.25, 0.3) is 78.1 Å². The zero-order valence-electron chi connectivity index (χ0n) is 36.0. The molecule has 0 amide bonds. The number of fused-ring (bicyclic) bond motifs is 17. The molecule has 0 N–H and O–H groups in total. The summed E-state index contributed by atoms with van der Waals surface area (Å²) in [6.45, 7) is 0. The Kier molecular flexibility index (Phi) is 7.85. The van der Waals surface area contributed by atoms with Gasteiger partial charge in [-0.2, -0.15) is 0 Å². The number of aromatic nitrogens is 2. The molecule has 14 rings (SSSR count). The first-order valence-corrected chi connectivity index (χ1v) is 22.9. The van der Waals surface area contributed by atoms with Crippen molar-refractivity contribution < 1.29 is 0 Å². The summed E-state index contributed by atoms with van der Waals surface area (Å²) in [6, 6.07) is 89.4. The molecule has 10 aromatic carbocycles. The van der Waals surface area contributed by atoms with Gasteiger partial charge in [-0.05, 0) is 107 Å². The van der Waals surface area contributed by atoms with E-state index in [1.165, 1.54) is 77.9 Å². The van der Waals surface area contributed by atoms with Crippen LogP contribution in [-0.2, 0) is 10.8 Å². The normalized spacial score (nSPS) is 14.0. The Morgan fingerprint density at radius 1 is 0.242 bits per heavy atom. The average molecular weight is 837 g/mol. The van der Waals surface area contributed by atoms with Gasteiger partial charge in [0.05, 0.1) is 22.0 Å². The number of nitrogens with zero attached hydrogens (tertiary/aromatic N) is 2. The fourth-order valence-electron chi connectivity index (χ4n) is 12.1. The predicted octanol–water partition coefficient (Wildman–Crippen LogP) is 15.3. The maximum absolute atomic E-state index is 5.31. The standard InChI is InChI=1S/C64H40N2/c1-2-17-41(18-3-1)42-33-35-43(36-34-42)61-50-24-7-15-32-60(50)65-62(66-61)46-20-16-19-44(39-46)45-37-38-55-51(40-45)49-23-6-10-27-54(49)64(55)58-30-13-11-28-56(58)63(57-29-12-14-31-59(57)64)52-25-8-4-21-47(52)48-22-5-9-26-53(48)63/h1-40H. The van der Waals surface area contributed by atoms with Gasteiger partial charge >= 0.3 is 0 Å². The van der Waals surface area contributed by atoms with Gasteiger partial charge in [0.1, 0.15) is 0 Å². The number of benzene rings is 10. The van der Waals surface area contributed by atoms with E-state index >= 15 is 0 Å². The summed E-state index contributed by atoms with van der Waals surface area (Å²) in [5, 5.41) is 1.04. The molecule has 2 spiro atoms. The zero-order valence-corrected chi connectivity index (χ0v) is 36.0. The third kappa shape index (κ3) is 4.96. The van der Waals surface area contributed by atoms with Crippen LogP contribution in [0, 0.1) is 0 Å². The highest BCUT2D eigenvalue weighted by Gasteiger charge is 2.58. The molecule has 0 saturated heterocycles. The lowest BCUT2D eigenvalue weighted by atomic mass is 9.52. The Hall–Kier alpha value is -8.46. The van der Waals surface area contributed by atoms with E-state index < -0.39 is 10.8 Å². The molecular formula is C64H40N2. The van der Waals surface area contributed by atoms with Crippen LogP contribution in [0.4, 0.5) is 0 Å². The molecule has 1 aromatic heterocycles. The molecule has 3 aliphatic carbocycles. The maximum Gasteiger partial charge on any atom is 0.160 e. The van der Waals surface area contributed by atoms with Crippen molar-refractivity contribution in [2.45, 2.75) is 10.8 Å². The summed E-state index contributed by atoms with van der Waals surface area (Å²) in [7, 11) is 0. The highest BCUT2D eigenvalue weighted by molar-refractivity contribution is 5.96. The topological polar surface area (TPSA) is 25.8 Å². The molecule has 0 aliphatic heterocycles. The number of hydrogen-bond acceptors (Lipinski definition) is 2. The quantitative estimate of drug-likeness (QED) is 0.176. The lowest BCUT2D eigenvalue weighted by Crippen LogP contribution is -2.43. The average Bonchev–Trinajstić information content (AvgIpc) is 3.86. The molecular weight excluding hydrogens is 797 g/mol. The first-order valence-electron chi connectivity index (χ1n) is 22.9. The molecule has 2 heteroatoms. The molecule has 0 unspecified atom stereocenters. The van der Waals surface area contributed by atoms with Crippen molar-refractivity contribution in [3.05, 3.63) is 287 Å². The molecule has 1 heterocycles. The van der Waals surface area contributed by atoms with Crippen molar-refractivity contribution in [2.75, 3.05) is 0 Å². The SMILES string of the molecule is c1ccc(-c2ccc(-c3nc(-c4cccc(-c5ccc6c(c5)-c5ccccc5C65c6ccccc6C6(c7ccccc7-c7ccccc76)c6ccccc65)c4)nc4ccccc34)cc2)cc1. The molecule has 11 aromatic rings. The molecule has 0 saturated carbocycles. The van der Waals surface area contributed by atoms with Crippen molar-refractivity contribution in [2.24, 2.45) is 0 Å². The number of hydrogen-bond donors (Lipinski definition) is 0. The van der Waals surface area contributed by atoms with Crippen molar-refractivity contribution in [3.8, 4) is 67.2 Å². The van der Waals surface area contributed by atoms with Gasteiger partial charge in [-0.1, -0.05) is 224 Å². The van der Waals surface area contributed by atoms with Gasteiger partial charge in [0.2, 0.25) is 0 Å². The highest BCUT2D eigenvalue weighted by atomic mass is 14.9. The second kappa shape index (κ2) is 14.0. The monoisotopic (exact) mass is 836 g/mol. The summed E-state index contributed by atoms with van der Waals surface area (Å²) < 4.78 is 0. The van der Waals surface area contributed by atoms with Crippen LogP contribution in [0.5, 0.6) is 0 Å². The summed E-state index contributed by atoms with van der Waals surface area (Å²) in [5.41, 5.74) is 23.5. The first kappa shape index (κ1) is 37.0. The van der Waals surface area contributed by atoms with Gasteiger partial charge < -0.3 is 0 Å². The van der Waals surface area contributed by atoms with E-state index in [-0.39, 0.29) is 0 Å². The molecule has 306 valence electrons. The highest BCUT2D eigenvalue weighted by Crippen LogP contribution is 2.67. The molecule has 66 heavy (non-hydrogen) atoms. The van der Waals surface area contributed by atoms with Gasteiger partial charge in [-0.25, -0.2) is 9.97 Å². The van der Waals surface area contributed by atoms with Crippen LogP contribution in [0.15, 0.2) is 243 Å².